The molecule has 0 spiro atoms. The molecule has 0 radical (unpaired) electrons. The summed E-state index contributed by atoms with van der Waals surface area (Å²) >= 11 is 0. The highest BCUT2D eigenvalue weighted by Crippen LogP contribution is 2.24. The molecule has 24 heavy (non-hydrogen) atoms. The van der Waals surface area contributed by atoms with Crippen LogP contribution in [0.25, 0.3) is 0 Å². The number of hydrogen-bond acceptors (Lipinski definition) is 6. The summed E-state index contributed by atoms with van der Waals surface area (Å²) in [6.07, 6.45) is 5.85. The van der Waals surface area contributed by atoms with E-state index >= 15 is 0 Å². The van der Waals surface area contributed by atoms with Gasteiger partial charge in [-0.25, -0.2) is 9.97 Å². The van der Waals surface area contributed by atoms with E-state index in [0.717, 1.165) is 12.8 Å². The van der Waals surface area contributed by atoms with Gasteiger partial charge in [-0.1, -0.05) is 0 Å². The van der Waals surface area contributed by atoms with Crippen LogP contribution in [0.3, 0.4) is 0 Å². The zero-order valence-corrected chi connectivity index (χ0v) is 14.1. The van der Waals surface area contributed by atoms with Crippen LogP contribution in [0.4, 0.5) is 5.82 Å². The fraction of sp³-hybridized carbons (Fsp3) is 0.625. The number of carbonyl (C=O) groups excluding carboxylic acids is 2. The molecule has 2 fully saturated rings. The molecule has 1 N–H and O–H groups in total. The average molecular weight is 333 g/mol. The highest BCUT2D eigenvalue weighted by Gasteiger charge is 2.34. The lowest BCUT2D eigenvalue weighted by Crippen LogP contribution is -2.50. The van der Waals surface area contributed by atoms with Crippen molar-refractivity contribution in [3.05, 3.63) is 12.4 Å². The van der Waals surface area contributed by atoms with Gasteiger partial charge in [0.05, 0.1) is 6.54 Å². The number of ether oxygens (including phenoxy) is 1. The second-order valence-corrected chi connectivity index (χ2v) is 6.40. The predicted octanol–water partition coefficient (Wildman–Crippen LogP) is 0.191. The molecule has 8 nitrogen and oxygen atoms in total. The summed E-state index contributed by atoms with van der Waals surface area (Å²) in [5, 5.41) is 2.74. The van der Waals surface area contributed by atoms with Crippen molar-refractivity contribution in [2.24, 2.45) is 0 Å². The van der Waals surface area contributed by atoms with Crippen LogP contribution in [-0.4, -0.2) is 66.0 Å². The Kier molecular flexibility index (Phi) is 4.82. The standard InChI is InChI=1S/C16H23N5O3/c1-20(2)14-15(18-8-7-17-14)24-11-4-3-9-21(10-11)16(23)12-5-6-13(22)19-12/h7-8,11-12H,3-6,9-10H2,1-2H3,(H,19,22)/t11-,12-/m0/s1. The van der Waals surface area contributed by atoms with E-state index < -0.39 is 0 Å². The molecule has 3 rings (SSSR count). The summed E-state index contributed by atoms with van der Waals surface area (Å²) in [4.78, 5) is 36.0. The quantitative estimate of drug-likeness (QED) is 0.846. The first kappa shape index (κ1) is 16.5. The lowest BCUT2D eigenvalue weighted by atomic mass is 10.1. The number of aromatic nitrogens is 2. The molecule has 2 aliphatic rings. The van der Waals surface area contributed by atoms with Crippen LogP contribution in [0.5, 0.6) is 5.88 Å². The number of nitrogens with one attached hydrogen (secondary N) is 1. The molecule has 2 amide bonds. The van der Waals surface area contributed by atoms with Crippen molar-refractivity contribution < 1.29 is 14.3 Å². The van der Waals surface area contributed by atoms with Gasteiger partial charge in [-0.2, -0.15) is 0 Å². The summed E-state index contributed by atoms with van der Waals surface area (Å²) in [6, 6.07) is -0.384. The number of hydrogen-bond donors (Lipinski definition) is 1. The Hall–Kier alpha value is -2.38. The third-order valence-electron chi connectivity index (χ3n) is 4.33. The molecule has 0 aliphatic carbocycles. The minimum Gasteiger partial charge on any atom is -0.470 e. The van der Waals surface area contributed by atoms with E-state index in [1.54, 1.807) is 17.3 Å². The van der Waals surface area contributed by atoms with Crippen molar-refractivity contribution in [1.29, 1.82) is 0 Å². The first-order valence-corrected chi connectivity index (χ1v) is 8.27. The number of likely N-dealkylation sites (tertiary alicyclic amines) is 1. The lowest BCUT2D eigenvalue weighted by molar-refractivity contribution is -0.136. The maximum absolute atomic E-state index is 12.5. The van der Waals surface area contributed by atoms with Crippen LogP contribution in [0.15, 0.2) is 12.4 Å². The normalized spacial score (nSPS) is 23.8. The Morgan fingerprint density at radius 1 is 1.33 bits per heavy atom. The zero-order valence-electron chi connectivity index (χ0n) is 14.1. The first-order valence-electron chi connectivity index (χ1n) is 8.27. The molecular weight excluding hydrogens is 310 g/mol. The molecule has 2 atom stereocenters. The summed E-state index contributed by atoms with van der Waals surface area (Å²) in [5.41, 5.74) is 0. The van der Waals surface area contributed by atoms with Crippen molar-refractivity contribution >= 4 is 17.6 Å². The maximum Gasteiger partial charge on any atom is 0.257 e. The largest absolute Gasteiger partial charge is 0.470 e. The minimum atomic E-state index is -0.384. The first-order chi connectivity index (χ1) is 11.5. The Morgan fingerprint density at radius 2 is 2.12 bits per heavy atom. The molecular formula is C16H23N5O3. The van der Waals surface area contributed by atoms with Gasteiger partial charge >= 0.3 is 0 Å². The number of anilines is 1. The summed E-state index contributed by atoms with van der Waals surface area (Å²) in [5.74, 6) is 1.09. The van der Waals surface area contributed by atoms with Gasteiger partial charge in [-0.15, -0.1) is 0 Å². The van der Waals surface area contributed by atoms with Gasteiger partial charge in [-0.3, -0.25) is 9.59 Å². The van der Waals surface area contributed by atoms with E-state index in [2.05, 4.69) is 15.3 Å². The fourth-order valence-corrected chi connectivity index (χ4v) is 3.12. The van der Waals surface area contributed by atoms with Gasteiger partial charge in [0.1, 0.15) is 12.1 Å². The maximum atomic E-state index is 12.5. The van der Waals surface area contributed by atoms with Crippen molar-refractivity contribution in [1.82, 2.24) is 20.2 Å². The zero-order chi connectivity index (χ0) is 17.1. The molecule has 8 heteroatoms. The van der Waals surface area contributed by atoms with Gasteiger partial charge in [-0.05, 0) is 19.3 Å². The molecule has 1 aromatic heterocycles. The van der Waals surface area contributed by atoms with Crippen LogP contribution in [-0.2, 0) is 9.59 Å². The van der Waals surface area contributed by atoms with E-state index in [0.29, 0.717) is 37.6 Å². The van der Waals surface area contributed by atoms with Crippen molar-refractivity contribution in [2.45, 2.75) is 37.8 Å². The molecule has 2 aliphatic heterocycles. The van der Waals surface area contributed by atoms with E-state index in [1.807, 2.05) is 19.0 Å². The summed E-state index contributed by atoms with van der Waals surface area (Å²) in [6.45, 7) is 1.21. The van der Waals surface area contributed by atoms with E-state index in [1.165, 1.54) is 0 Å². The lowest BCUT2D eigenvalue weighted by Gasteiger charge is -2.34. The molecule has 0 saturated carbocycles. The Bertz CT molecular complexity index is 621. The monoisotopic (exact) mass is 333 g/mol. The topological polar surface area (TPSA) is 87.7 Å². The number of nitrogens with zero attached hydrogens (tertiary/aromatic N) is 4. The molecule has 0 aromatic carbocycles. The van der Waals surface area contributed by atoms with Gasteiger partial charge in [0.15, 0.2) is 5.82 Å². The van der Waals surface area contributed by atoms with E-state index in [9.17, 15) is 9.59 Å². The van der Waals surface area contributed by atoms with Crippen LogP contribution in [0, 0.1) is 0 Å². The van der Waals surface area contributed by atoms with Crippen LogP contribution in [0.1, 0.15) is 25.7 Å². The van der Waals surface area contributed by atoms with Gasteiger partial charge in [0.25, 0.3) is 5.88 Å². The number of rotatable bonds is 4. The van der Waals surface area contributed by atoms with Crippen molar-refractivity contribution in [2.75, 3.05) is 32.1 Å². The fourth-order valence-electron chi connectivity index (χ4n) is 3.12. The molecule has 0 unspecified atom stereocenters. The van der Waals surface area contributed by atoms with Crippen molar-refractivity contribution in [3.8, 4) is 5.88 Å². The average Bonchev–Trinajstić information content (AvgIpc) is 3.01. The predicted molar refractivity (Wildman–Crippen MR) is 87.8 cm³/mol. The number of carbonyl (C=O) groups is 2. The highest BCUT2D eigenvalue weighted by atomic mass is 16.5. The van der Waals surface area contributed by atoms with Crippen LogP contribution >= 0.6 is 0 Å². The highest BCUT2D eigenvalue weighted by molar-refractivity contribution is 5.90. The van der Waals surface area contributed by atoms with Crippen molar-refractivity contribution in [3.63, 3.8) is 0 Å². The molecule has 1 aromatic rings. The minimum absolute atomic E-state index is 0.0128. The van der Waals surface area contributed by atoms with Gasteiger partial charge in [0, 0.05) is 39.5 Å². The second-order valence-electron chi connectivity index (χ2n) is 6.40. The third kappa shape index (κ3) is 3.58. The SMILES string of the molecule is CN(C)c1nccnc1O[C@H]1CCCN(C(=O)[C@@H]2CCC(=O)N2)C1. The van der Waals surface area contributed by atoms with Crippen LogP contribution in [0.2, 0.25) is 0 Å². The summed E-state index contributed by atoms with van der Waals surface area (Å²) < 4.78 is 6.02. The summed E-state index contributed by atoms with van der Waals surface area (Å²) in [7, 11) is 3.77. The molecule has 0 bridgehead atoms. The Balaban J connectivity index is 1.64. The molecule has 130 valence electrons. The number of piperidine rings is 1. The van der Waals surface area contributed by atoms with E-state index in [4.69, 9.17) is 4.74 Å². The Morgan fingerprint density at radius 3 is 2.83 bits per heavy atom. The smallest absolute Gasteiger partial charge is 0.257 e. The van der Waals surface area contributed by atoms with E-state index in [-0.39, 0.29) is 24.0 Å². The van der Waals surface area contributed by atoms with Crippen LogP contribution < -0.4 is 15.0 Å². The molecule has 3 heterocycles. The second kappa shape index (κ2) is 7.02. The third-order valence-corrected chi connectivity index (χ3v) is 4.33. The van der Waals surface area contributed by atoms with Gasteiger partial charge < -0.3 is 19.9 Å². The van der Waals surface area contributed by atoms with Gasteiger partial charge in [0.2, 0.25) is 11.8 Å². The molecule has 2 saturated heterocycles. The Labute approximate surface area is 141 Å². The number of amides is 2.